The molecule has 2 aromatic rings. The third-order valence-electron chi connectivity index (χ3n) is 2.71. The molecule has 0 amide bonds. The highest BCUT2D eigenvalue weighted by Crippen LogP contribution is 2.32. The zero-order valence-corrected chi connectivity index (χ0v) is 8.23. The lowest BCUT2D eigenvalue weighted by Gasteiger charge is -2.18. The Morgan fingerprint density at radius 1 is 1.40 bits per heavy atom. The lowest BCUT2D eigenvalue weighted by molar-refractivity contribution is 0.278. The molecule has 3 rings (SSSR count). The van der Waals surface area contributed by atoms with Gasteiger partial charge >= 0.3 is 0 Å². The van der Waals surface area contributed by atoms with Crippen LogP contribution in [0.25, 0.3) is 10.9 Å². The summed E-state index contributed by atoms with van der Waals surface area (Å²) >= 11 is 0. The van der Waals surface area contributed by atoms with Crippen molar-refractivity contribution < 1.29 is 4.74 Å². The quantitative estimate of drug-likeness (QED) is 0.702. The van der Waals surface area contributed by atoms with Crippen molar-refractivity contribution in [2.75, 3.05) is 12.3 Å². The van der Waals surface area contributed by atoms with Gasteiger partial charge in [0.15, 0.2) is 0 Å². The standard InChI is InChI=1S/C11H11N3O/c12-10-7-3-4-13-6-9(7)14-11-8(10)2-1-5-15-11/h3-4,6H,1-2,5H2,(H2,12,14). The second-order valence-electron chi connectivity index (χ2n) is 3.65. The number of pyridine rings is 2. The van der Waals surface area contributed by atoms with Crippen LogP contribution >= 0.6 is 0 Å². The number of nitrogens with two attached hydrogens (primary N) is 1. The van der Waals surface area contributed by atoms with Gasteiger partial charge in [0.25, 0.3) is 0 Å². The molecular formula is C11H11N3O. The predicted molar refractivity (Wildman–Crippen MR) is 57.8 cm³/mol. The minimum absolute atomic E-state index is 0.680. The van der Waals surface area contributed by atoms with Gasteiger partial charge in [-0.2, -0.15) is 0 Å². The molecule has 1 aliphatic heterocycles. The first-order valence-electron chi connectivity index (χ1n) is 5.01. The molecule has 4 heteroatoms. The van der Waals surface area contributed by atoms with Crippen LogP contribution in [0.2, 0.25) is 0 Å². The number of ether oxygens (including phenoxy) is 1. The van der Waals surface area contributed by atoms with E-state index >= 15 is 0 Å². The molecule has 0 aromatic carbocycles. The normalized spacial score (nSPS) is 14.7. The predicted octanol–water partition coefficient (Wildman–Crippen LogP) is 1.54. The maximum absolute atomic E-state index is 6.09. The van der Waals surface area contributed by atoms with E-state index < -0.39 is 0 Å². The van der Waals surface area contributed by atoms with Crippen molar-refractivity contribution in [2.45, 2.75) is 12.8 Å². The van der Waals surface area contributed by atoms with E-state index in [1.54, 1.807) is 12.4 Å². The minimum atomic E-state index is 0.680. The fourth-order valence-corrected chi connectivity index (χ4v) is 1.94. The summed E-state index contributed by atoms with van der Waals surface area (Å²) in [7, 11) is 0. The van der Waals surface area contributed by atoms with Gasteiger partial charge in [-0.25, -0.2) is 4.98 Å². The van der Waals surface area contributed by atoms with E-state index in [1.807, 2.05) is 6.07 Å². The smallest absolute Gasteiger partial charge is 0.219 e. The molecule has 0 saturated carbocycles. The third kappa shape index (κ3) is 1.21. The Balaban J connectivity index is 2.36. The van der Waals surface area contributed by atoms with Crippen molar-refractivity contribution in [3.8, 4) is 5.88 Å². The van der Waals surface area contributed by atoms with Crippen LogP contribution in [0.1, 0.15) is 12.0 Å². The summed E-state index contributed by atoms with van der Waals surface area (Å²) in [6.45, 7) is 0.727. The largest absolute Gasteiger partial charge is 0.477 e. The van der Waals surface area contributed by atoms with Gasteiger partial charge in [-0.05, 0) is 18.9 Å². The number of nitrogens with zero attached hydrogens (tertiary/aromatic N) is 2. The molecule has 0 fully saturated rings. The first-order valence-corrected chi connectivity index (χ1v) is 5.01. The maximum atomic E-state index is 6.09. The van der Waals surface area contributed by atoms with Crippen LogP contribution in [-0.4, -0.2) is 16.6 Å². The molecule has 0 aliphatic carbocycles. The van der Waals surface area contributed by atoms with E-state index in [4.69, 9.17) is 10.5 Å². The van der Waals surface area contributed by atoms with Crippen LogP contribution in [0.15, 0.2) is 18.5 Å². The van der Waals surface area contributed by atoms with E-state index in [1.165, 1.54) is 0 Å². The lowest BCUT2D eigenvalue weighted by Crippen LogP contribution is -2.12. The minimum Gasteiger partial charge on any atom is -0.477 e. The van der Waals surface area contributed by atoms with Crippen LogP contribution < -0.4 is 10.5 Å². The summed E-state index contributed by atoms with van der Waals surface area (Å²) in [5.74, 6) is 0.680. The molecule has 0 radical (unpaired) electrons. The second kappa shape index (κ2) is 3.08. The van der Waals surface area contributed by atoms with Crippen molar-refractivity contribution in [1.29, 1.82) is 0 Å². The van der Waals surface area contributed by atoms with Gasteiger partial charge < -0.3 is 10.5 Å². The summed E-state index contributed by atoms with van der Waals surface area (Å²) in [4.78, 5) is 8.44. The summed E-state index contributed by atoms with van der Waals surface area (Å²) in [5.41, 5.74) is 8.72. The molecule has 2 aromatic heterocycles. The molecule has 0 atom stereocenters. The summed E-state index contributed by atoms with van der Waals surface area (Å²) in [6, 6.07) is 1.90. The average molecular weight is 201 g/mol. The maximum Gasteiger partial charge on any atom is 0.219 e. The van der Waals surface area contributed by atoms with E-state index in [-0.39, 0.29) is 0 Å². The highest BCUT2D eigenvalue weighted by molar-refractivity contribution is 5.92. The summed E-state index contributed by atoms with van der Waals surface area (Å²) < 4.78 is 5.49. The van der Waals surface area contributed by atoms with E-state index in [0.717, 1.165) is 41.6 Å². The highest BCUT2D eigenvalue weighted by atomic mass is 16.5. The highest BCUT2D eigenvalue weighted by Gasteiger charge is 2.17. The first-order chi connectivity index (χ1) is 7.36. The van der Waals surface area contributed by atoms with Crippen LogP contribution in [0.4, 0.5) is 5.69 Å². The fraction of sp³-hybridized carbons (Fsp3) is 0.273. The fourth-order valence-electron chi connectivity index (χ4n) is 1.94. The van der Waals surface area contributed by atoms with Crippen LogP contribution in [-0.2, 0) is 6.42 Å². The zero-order chi connectivity index (χ0) is 10.3. The monoisotopic (exact) mass is 201 g/mol. The molecule has 1 aliphatic rings. The third-order valence-corrected chi connectivity index (χ3v) is 2.71. The second-order valence-corrected chi connectivity index (χ2v) is 3.65. The molecule has 0 bridgehead atoms. The number of hydrogen-bond acceptors (Lipinski definition) is 4. The summed E-state index contributed by atoms with van der Waals surface area (Å²) in [6.07, 6.45) is 5.41. The van der Waals surface area contributed by atoms with E-state index in [2.05, 4.69) is 9.97 Å². The number of aromatic nitrogens is 2. The Morgan fingerprint density at radius 2 is 2.33 bits per heavy atom. The van der Waals surface area contributed by atoms with Gasteiger partial charge in [-0.15, -0.1) is 0 Å². The molecule has 2 N–H and O–H groups in total. The Labute approximate surface area is 87.1 Å². The Hall–Kier alpha value is -1.84. The van der Waals surface area contributed by atoms with Crippen LogP contribution in [0.5, 0.6) is 5.88 Å². The molecule has 15 heavy (non-hydrogen) atoms. The molecular weight excluding hydrogens is 190 g/mol. The van der Waals surface area contributed by atoms with Crippen LogP contribution in [0, 0.1) is 0 Å². The van der Waals surface area contributed by atoms with Crippen LogP contribution in [0.3, 0.4) is 0 Å². The van der Waals surface area contributed by atoms with Crippen molar-refractivity contribution in [1.82, 2.24) is 9.97 Å². The van der Waals surface area contributed by atoms with Gasteiger partial charge in [0, 0.05) is 22.8 Å². The molecule has 76 valence electrons. The van der Waals surface area contributed by atoms with Crippen molar-refractivity contribution in [3.05, 3.63) is 24.0 Å². The Kier molecular flexibility index (Phi) is 1.74. The number of hydrogen-bond donors (Lipinski definition) is 1. The van der Waals surface area contributed by atoms with E-state index in [9.17, 15) is 0 Å². The lowest BCUT2D eigenvalue weighted by atomic mass is 10.0. The van der Waals surface area contributed by atoms with Gasteiger partial charge in [0.05, 0.1) is 18.3 Å². The Bertz CT molecular complexity index is 524. The molecule has 0 saturated heterocycles. The SMILES string of the molecule is Nc1c2c(nc3cnccc13)OCCC2. The van der Waals surface area contributed by atoms with Crippen molar-refractivity contribution in [2.24, 2.45) is 0 Å². The molecule has 3 heterocycles. The topological polar surface area (TPSA) is 61.0 Å². The van der Waals surface area contributed by atoms with Gasteiger partial charge in [0.1, 0.15) is 0 Å². The van der Waals surface area contributed by atoms with Gasteiger partial charge in [0.2, 0.25) is 5.88 Å². The first kappa shape index (κ1) is 8.47. The zero-order valence-electron chi connectivity index (χ0n) is 8.23. The number of nitrogen functional groups attached to an aromatic ring is 1. The van der Waals surface area contributed by atoms with Gasteiger partial charge in [-0.3, -0.25) is 4.98 Å². The average Bonchev–Trinajstić information content (AvgIpc) is 2.30. The number of fused-ring (bicyclic) bond motifs is 2. The molecule has 0 unspecified atom stereocenters. The number of rotatable bonds is 0. The summed E-state index contributed by atoms with van der Waals surface area (Å²) in [5, 5.41) is 0.967. The van der Waals surface area contributed by atoms with Crippen molar-refractivity contribution in [3.63, 3.8) is 0 Å². The number of anilines is 1. The van der Waals surface area contributed by atoms with Gasteiger partial charge in [-0.1, -0.05) is 0 Å². The molecule has 0 spiro atoms. The Morgan fingerprint density at radius 3 is 3.27 bits per heavy atom. The molecule has 4 nitrogen and oxygen atoms in total. The van der Waals surface area contributed by atoms with E-state index in [0.29, 0.717) is 5.88 Å². The van der Waals surface area contributed by atoms with Crippen molar-refractivity contribution >= 4 is 16.6 Å².